The molecule has 1 aromatic heterocycles. The van der Waals surface area contributed by atoms with Gasteiger partial charge in [0.15, 0.2) is 0 Å². The number of hydrogen-bond donors (Lipinski definition) is 1. The lowest BCUT2D eigenvalue weighted by atomic mass is 10.1. The van der Waals surface area contributed by atoms with Gasteiger partial charge in [-0.2, -0.15) is 0 Å². The topological polar surface area (TPSA) is 56.7 Å². The fourth-order valence-corrected chi connectivity index (χ4v) is 2.12. The number of carbonyl (C=O) groups is 1. The first-order valence-electron chi connectivity index (χ1n) is 6.97. The van der Waals surface area contributed by atoms with Crippen LogP contribution >= 0.6 is 0 Å². The van der Waals surface area contributed by atoms with E-state index in [-0.39, 0.29) is 5.91 Å². The average molecular weight is 279 g/mol. The molecule has 0 fully saturated rings. The van der Waals surface area contributed by atoms with Crippen molar-refractivity contribution in [1.29, 1.82) is 0 Å². The highest BCUT2D eigenvalue weighted by Crippen LogP contribution is 2.16. The molecule has 0 spiro atoms. The van der Waals surface area contributed by atoms with Crippen molar-refractivity contribution in [3.63, 3.8) is 0 Å². The number of hydrogen-bond acceptors (Lipinski definition) is 4. The molecule has 112 valence electrons. The number of likely N-dealkylation sites (N-methyl/N-ethyl adjacent to an activating group) is 1. The van der Waals surface area contributed by atoms with Crippen molar-refractivity contribution in [3.8, 4) is 0 Å². The minimum Gasteiger partial charge on any atom is -0.389 e. The van der Waals surface area contributed by atoms with Gasteiger partial charge in [-0.05, 0) is 39.8 Å². The maximum absolute atomic E-state index is 12.3. The summed E-state index contributed by atoms with van der Waals surface area (Å²) in [4.78, 5) is 20.1. The molecule has 20 heavy (non-hydrogen) atoms. The molecule has 1 rings (SSSR count). The highest BCUT2D eigenvalue weighted by Gasteiger charge is 2.18. The normalized spacial score (nSPS) is 11.3. The van der Waals surface area contributed by atoms with E-state index >= 15 is 0 Å². The van der Waals surface area contributed by atoms with Crippen molar-refractivity contribution < 1.29 is 9.90 Å². The van der Waals surface area contributed by atoms with E-state index in [4.69, 9.17) is 0 Å². The van der Waals surface area contributed by atoms with Gasteiger partial charge < -0.3 is 14.9 Å². The predicted molar refractivity (Wildman–Crippen MR) is 81.1 cm³/mol. The van der Waals surface area contributed by atoms with Crippen molar-refractivity contribution in [2.75, 3.05) is 31.6 Å². The molecule has 0 aliphatic rings. The second kappa shape index (κ2) is 6.70. The van der Waals surface area contributed by atoms with E-state index in [1.54, 1.807) is 31.0 Å². The van der Waals surface area contributed by atoms with E-state index in [2.05, 4.69) is 4.98 Å². The maximum Gasteiger partial charge on any atom is 0.272 e. The van der Waals surface area contributed by atoms with E-state index in [9.17, 15) is 9.90 Å². The summed E-state index contributed by atoms with van der Waals surface area (Å²) in [6, 6.07) is 3.61. The Kier molecular flexibility index (Phi) is 5.51. The number of nitrogens with zero attached hydrogens (tertiary/aromatic N) is 3. The number of pyridine rings is 1. The fraction of sp³-hybridized carbons (Fsp3) is 0.600. The summed E-state index contributed by atoms with van der Waals surface area (Å²) in [6.07, 6.45) is 1.63. The van der Waals surface area contributed by atoms with Crippen LogP contribution in [0.15, 0.2) is 18.3 Å². The zero-order chi connectivity index (χ0) is 15.3. The highest BCUT2D eigenvalue weighted by molar-refractivity contribution is 5.93. The lowest BCUT2D eigenvalue weighted by molar-refractivity contribution is 0.0767. The molecule has 5 nitrogen and oxygen atoms in total. The van der Waals surface area contributed by atoms with Crippen molar-refractivity contribution in [3.05, 3.63) is 24.0 Å². The van der Waals surface area contributed by atoms with Gasteiger partial charge in [0.05, 0.1) is 5.60 Å². The molecule has 0 aliphatic heterocycles. The first-order chi connectivity index (χ1) is 9.28. The second-order valence-corrected chi connectivity index (χ2v) is 5.55. The Balaban J connectivity index is 2.93. The van der Waals surface area contributed by atoms with Crippen LogP contribution in [0.4, 0.5) is 5.69 Å². The minimum absolute atomic E-state index is 0.0616. The predicted octanol–water partition coefficient (Wildman–Crippen LogP) is 1.77. The van der Waals surface area contributed by atoms with E-state index in [0.29, 0.717) is 25.3 Å². The molecule has 1 aromatic rings. The Labute approximate surface area is 121 Å². The number of anilines is 1. The Morgan fingerprint density at radius 2 is 1.95 bits per heavy atom. The van der Waals surface area contributed by atoms with Crippen molar-refractivity contribution >= 4 is 11.6 Å². The van der Waals surface area contributed by atoms with Crippen LogP contribution in [0.25, 0.3) is 0 Å². The fourth-order valence-electron chi connectivity index (χ4n) is 2.12. The Bertz CT molecular complexity index is 451. The second-order valence-electron chi connectivity index (χ2n) is 5.55. The van der Waals surface area contributed by atoms with Crippen LogP contribution in [0.3, 0.4) is 0 Å². The first-order valence-corrected chi connectivity index (χ1v) is 6.97. The zero-order valence-corrected chi connectivity index (χ0v) is 13.1. The molecule has 0 saturated carbocycles. The molecule has 0 aromatic carbocycles. The summed E-state index contributed by atoms with van der Waals surface area (Å²) in [5, 5.41) is 9.86. The van der Waals surface area contributed by atoms with Crippen LogP contribution in [0.5, 0.6) is 0 Å². The standard InChI is InChI=1S/C15H25N3O2/c1-6-18(7-2)14(19)13-10-12(8-9-16-13)17(5)11-15(3,4)20/h8-10,20H,6-7,11H2,1-5H3. The van der Waals surface area contributed by atoms with Crippen molar-refractivity contribution in [2.24, 2.45) is 0 Å². The first kappa shape index (κ1) is 16.4. The third-order valence-electron chi connectivity index (χ3n) is 3.08. The molecule has 1 heterocycles. The molecule has 5 heteroatoms. The van der Waals surface area contributed by atoms with Gasteiger partial charge in [-0.15, -0.1) is 0 Å². The van der Waals surface area contributed by atoms with Crippen LogP contribution in [0.2, 0.25) is 0 Å². The molecule has 0 aliphatic carbocycles. The quantitative estimate of drug-likeness (QED) is 0.862. The van der Waals surface area contributed by atoms with Gasteiger partial charge in [-0.1, -0.05) is 0 Å². The molecule has 0 unspecified atom stereocenters. The van der Waals surface area contributed by atoms with Gasteiger partial charge in [0.2, 0.25) is 0 Å². The summed E-state index contributed by atoms with van der Waals surface area (Å²) >= 11 is 0. The molecule has 0 bridgehead atoms. The van der Waals surface area contributed by atoms with Crippen LogP contribution in [0, 0.1) is 0 Å². The molecule has 0 saturated heterocycles. The number of aliphatic hydroxyl groups is 1. The van der Waals surface area contributed by atoms with Gasteiger partial charge >= 0.3 is 0 Å². The summed E-state index contributed by atoms with van der Waals surface area (Å²) in [7, 11) is 1.89. The lowest BCUT2D eigenvalue weighted by Gasteiger charge is -2.27. The van der Waals surface area contributed by atoms with Crippen LogP contribution < -0.4 is 4.90 Å². The van der Waals surface area contributed by atoms with Crippen LogP contribution in [-0.2, 0) is 0 Å². The van der Waals surface area contributed by atoms with Crippen LogP contribution in [-0.4, -0.2) is 53.2 Å². The summed E-state index contributed by atoms with van der Waals surface area (Å²) in [6.45, 7) is 9.23. The molecule has 0 radical (unpaired) electrons. The zero-order valence-electron chi connectivity index (χ0n) is 13.1. The lowest BCUT2D eigenvalue weighted by Crippen LogP contribution is -2.36. The molecule has 1 N–H and O–H groups in total. The Hall–Kier alpha value is -1.62. The number of rotatable bonds is 6. The number of aromatic nitrogens is 1. The molecule has 1 amide bonds. The third kappa shape index (κ3) is 4.49. The minimum atomic E-state index is -0.791. The van der Waals surface area contributed by atoms with Gasteiger partial charge in [-0.3, -0.25) is 9.78 Å². The van der Waals surface area contributed by atoms with E-state index in [0.717, 1.165) is 5.69 Å². The third-order valence-corrected chi connectivity index (χ3v) is 3.08. The van der Waals surface area contributed by atoms with E-state index in [1.165, 1.54) is 0 Å². The maximum atomic E-state index is 12.3. The van der Waals surface area contributed by atoms with Gasteiger partial charge in [0.25, 0.3) is 5.91 Å². The summed E-state index contributed by atoms with van der Waals surface area (Å²) < 4.78 is 0. The van der Waals surface area contributed by atoms with Gasteiger partial charge in [-0.25, -0.2) is 0 Å². The Morgan fingerprint density at radius 3 is 2.45 bits per heavy atom. The molecular formula is C15H25N3O2. The van der Waals surface area contributed by atoms with Crippen molar-refractivity contribution in [1.82, 2.24) is 9.88 Å². The van der Waals surface area contributed by atoms with Gasteiger partial charge in [0.1, 0.15) is 5.69 Å². The highest BCUT2D eigenvalue weighted by atomic mass is 16.3. The summed E-state index contributed by atoms with van der Waals surface area (Å²) in [5.74, 6) is -0.0616. The van der Waals surface area contributed by atoms with E-state index in [1.807, 2.05) is 31.9 Å². The van der Waals surface area contributed by atoms with Crippen molar-refractivity contribution in [2.45, 2.75) is 33.3 Å². The SMILES string of the molecule is CCN(CC)C(=O)c1cc(N(C)CC(C)(C)O)ccn1. The van der Waals surface area contributed by atoms with E-state index < -0.39 is 5.60 Å². The smallest absolute Gasteiger partial charge is 0.272 e. The Morgan fingerprint density at radius 1 is 1.35 bits per heavy atom. The van der Waals surface area contributed by atoms with Gasteiger partial charge in [0, 0.05) is 38.6 Å². The molecule has 0 atom stereocenters. The number of amides is 1. The van der Waals surface area contributed by atoms with Crippen LogP contribution in [0.1, 0.15) is 38.2 Å². The largest absolute Gasteiger partial charge is 0.389 e. The molecular weight excluding hydrogens is 254 g/mol. The average Bonchev–Trinajstić information content (AvgIpc) is 2.38. The number of carbonyl (C=O) groups excluding carboxylic acids is 1. The summed E-state index contributed by atoms with van der Waals surface area (Å²) in [5.41, 5.74) is 0.521. The monoisotopic (exact) mass is 279 g/mol.